The highest BCUT2D eigenvalue weighted by atomic mass is 16.6. The molecule has 0 spiro atoms. The molecule has 1 fully saturated rings. The normalized spacial score (nSPS) is 18.8. The van der Waals surface area contributed by atoms with E-state index in [1.807, 2.05) is 35.2 Å². The number of aliphatic imine (C=N–C) groups is 1. The molecule has 0 saturated carbocycles. The molecule has 0 bridgehead atoms. The van der Waals surface area contributed by atoms with Gasteiger partial charge in [0.1, 0.15) is 5.92 Å². The molecule has 2 amide bonds. The molecule has 3 heterocycles. The molecule has 1 atom stereocenters. The summed E-state index contributed by atoms with van der Waals surface area (Å²) in [7, 11) is 0. The number of rotatable bonds is 6. The minimum atomic E-state index is -0.798. The van der Waals surface area contributed by atoms with E-state index in [1.165, 1.54) is 23.3 Å². The number of nitrogens with zero attached hydrogens (tertiary/aromatic N) is 3. The average molecular weight is 510 g/mol. The minimum absolute atomic E-state index is 0.0727. The Labute approximate surface area is 219 Å². The van der Waals surface area contributed by atoms with Crippen molar-refractivity contribution < 1.29 is 14.5 Å². The second-order valence-corrected chi connectivity index (χ2v) is 9.94. The maximum Gasteiger partial charge on any atom is 0.269 e. The van der Waals surface area contributed by atoms with E-state index in [0.717, 1.165) is 49.3 Å². The molecule has 1 saturated heterocycles. The minimum Gasteiger partial charge on any atom is -0.338 e. The molecule has 0 aromatic heterocycles. The first-order valence-corrected chi connectivity index (χ1v) is 12.8. The first-order valence-electron chi connectivity index (χ1n) is 12.8. The summed E-state index contributed by atoms with van der Waals surface area (Å²) in [6.07, 6.45) is 2.37. The fraction of sp³-hybridized carbons (Fsp3) is 0.276. The van der Waals surface area contributed by atoms with Crippen LogP contribution in [-0.2, 0) is 29.1 Å². The van der Waals surface area contributed by atoms with Gasteiger partial charge in [0.15, 0.2) is 0 Å². The van der Waals surface area contributed by atoms with Gasteiger partial charge in [-0.3, -0.25) is 24.7 Å². The Kier molecular flexibility index (Phi) is 6.21. The van der Waals surface area contributed by atoms with Crippen LogP contribution in [0.2, 0.25) is 0 Å². The van der Waals surface area contributed by atoms with Crippen molar-refractivity contribution in [2.24, 2.45) is 4.99 Å². The van der Waals surface area contributed by atoms with E-state index < -0.39 is 10.8 Å². The molecule has 0 radical (unpaired) electrons. The third kappa shape index (κ3) is 4.56. The molecule has 3 aromatic carbocycles. The van der Waals surface area contributed by atoms with Crippen LogP contribution in [-0.4, -0.2) is 40.4 Å². The lowest BCUT2D eigenvalue weighted by Gasteiger charge is -2.19. The summed E-state index contributed by atoms with van der Waals surface area (Å²) in [5.41, 5.74) is 6.49. The van der Waals surface area contributed by atoms with Crippen LogP contribution in [0.5, 0.6) is 0 Å². The zero-order valence-corrected chi connectivity index (χ0v) is 20.8. The molecular formula is C29H27N5O4. The first kappa shape index (κ1) is 24.0. The highest BCUT2D eigenvalue weighted by Crippen LogP contribution is 2.38. The highest BCUT2D eigenvalue weighted by Gasteiger charge is 2.37. The van der Waals surface area contributed by atoms with Gasteiger partial charge in [-0.05, 0) is 59.8 Å². The van der Waals surface area contributed by atoms with Gasteiger partial charge in [-0.25, -0.2) is 0 Å². The molecule has 3 aliphatic heterocycles. The monoisotopic (exact) mass is 509 g/mol. The van der Waals surface area contributed by atoms with E-state index in [9.17, 15) is 19.7 Å². The van der Waals surface area contributed by atoms with Crippen LogP contribution in [0.25, 0.3) is 0 Å². The zero-order chi connectivity index (χ0) is 26.2. The number of hydrogen-bond donors (Lipinski definition) is 2. The number of carbonyl (C=O) groups excluding carboxylic acids is 2. The summed E-state index contributed by atoms with van der Waals surface area (Å²) in [4.78, 5) is 43.2. The molecule has 1 unspecified atom stereocenters. The number of anilines is 1. The van der Waals surface area contributed by atoms with E-state index in [4.69, 9.17) is 4.99 Å². The topological polar surface area (TPSA) is 117 Å². The van der Waals surface area contributed by atoms with E-state index in [2.05, 4.69) is 22.8 Å². The largest absolute Gasteiger partial charge is 0.338 e. The van der Waals surface area contributed by atoms with E-state index in [-0.39, 0.29) is 17.5 Å². The zero-order valence-electron chi connectivity index (χ0n) is 20.8. The van der Waals surface area contributed by atoms with Gasteiger partial charge in [-0.1, -0.05) is 30.3 Å². The Morgan fingerprint density at radius 1 is 1.03 bits per heavy atom. The van der Waals surface area contributed by atoms with Crippen molar-refractivity contribution in [2.75, 3.05) is 18.4 Å². The Morgan fingerprint density at radius 2 is 1.87 bits per heavy atom. The van der Waals surface area contributed by atoms with Crippen LogP contribution in [0.4, 0.5) is 17.1 Å². The van der Waals surface area contributed by atoms with Gasteiger partial charge in [0.2, 0.25) is 11.8 Å². The molecule has 9 heteroatoms. The maximum atomic E-state index is 13.3. The number of nitrogens with one attached hydrogen (secondary N) is 2. The Balaban J connectivity index is 1.42. The number of nitro groups is 1. The number of nitro benzene ring substituents is 1. The van der Waals surface area contributed by atoms with Crippen LogP contribution in [0.3, 0.4) is 0 Å². The lowest BCUT2D eigenvalue weighted by Crippen LogP contribution is -2.24. The van der Waals surface area contributed by atoms with Crippen LogP contribution in [0, 0.1) is 10.1 Å². The fourth-order valence-corrected chi connectivity index (χ4v) is 5.47. The summed E-state index contributed by atoms with van der Waals surface area (Å²) in [5.74, 6) is -0.901. The van der Waals surface area contributed by atoms with Gasteiger partial charge >= 0.3 is 0 Å². The number of amides is 2. The molecular weight excluding hydrogens is 482 g/mol. The third-order valence-corrected chi connectivity index (χ3v) is 7.47. The Bertz CT molecular complexity index is 1480. The summed E-state index contributed by atoms with van der Waals surface area (Å²) in [6.45, 7) is 3.02. The number of hydrogen-bond acceptors (Lipinski definition) is 6. The van der Waals surface area contributed by atoms with Crippen molar-refractivity contribution in [3.63, 3.8) is 0 Å². The van der Waals surface area contributed by atoms with Gasteiger partial charge in [0, 0.05) is 49.4 Å². The van der Waals surface area contributed by atoms with Gasteiger partial charge in [-0.2, -0.15) is 0 Å². The van der Waals surface area contributed by atoms with Crippen molar-refractivity contribution in [3.05, 3.63) is 98.6 Å². The average Bonchev–Trinajstić information content (AvgIpc) is 3.48. The summed E-state index contributed by atoms with van der Waals surface area (Å²) in [5, 5.41) is 17.7. The number of fused-ring (bicyclic) bond motifs is 2. The Hall–Kier alpha value is -4.37. The molecule has 6 rings (SSSR count). The predicted octanol–water partition coefficient (Wildman–Crippen LogP) is 4.22. The summed E-state index contributed by atoms with van der Waals surface area (Å²) in [6, 6.07) is 18.2. The third-order valence-electron chi connectivity index (χ3n) is 7.47. The quantitative estimate of drug-likeness (QED) is 0.293. The van der Waals surface area contributed by atoms with Crippen molar-refractivity contribution in [2.45, 2.75) is 38.3 Å². The molecule has 38 heavy (non-hydrogen) atoms. The first-order chi connectivity index (χ1) is 18.5. The van der Waals surface area contributed by atoms with Crippen LogP contribution < -0.4 is 10.6 Å². The van der Waals surface area contributed by atoms with Gasteiger partial charge in [0.05, 0.1) is 16.3 Å². The van der Waals surface area contributed by atoms with Crippen molar-refractivity contribution in [1.29, 1.82) is 0 Å². The maximum absolute atomic E-state index is 13.3. The number of likely N-dealkylation sites (tertiary alicyclic amines) is 1. The van der Waals surface area contributed by atoms with Gasteiger partial charge in [-0.15, -0.1) is 0 Å². The molecule has 192 valence electrons. The predicted molar refractivity (Wildman–Crippen MR) is 144 cm³/mol. The second kappa shape index (κ2) is 9.83. The SMILES string of the molecule is O=C1Nc2ccc([N+](=O)[O-])cc2C1C(=Nc1ccc2c(c1)CCNC2)c1ccc(CN2CCCC2=O)cc1. The van der Waals surface area contributed by atoms with Crippen LogP contribution in [0.1, 0.15) is 46.6 Å². The molecule has 9 nitrogen and oxygen atoms in total. The summed E-state index contributed by atoms with van der Waals surface area (Å²) >= 11 is 0. The van der Waals surface area contributed by atoms with E-state index in [1.54, 1.807) is 6.07 Å². The molecule has 0 aliphatic carbocycles. The lowest BCUT2D eigenvalue weighted by molar-refractivity contribution is -0.384. The van der Waals surface area contributed by atoms with Gasteiger partial charge < -0.3 is 15.5 Å². The van der Waals surface area contributed by atoms with Crippen molar-refractivity contribution in [3.8, 4) is 0 Å². The van der Waals surface area contributed by atoms with Crippen molar-refractivity contribution in [1.82, 2.24) is 10.2 Å². The van der Waals surface area contributed by atoms with E-state index in [0.29, 0.717) is 29.9 Å². The number of non-ortho nitro benzene ring substituents is 1. The van der Waals surface area contributed by atoms with Crippen LogP contribution in [0.15, 0.2) is 65.7 Å². The van der Waals surface area contributed by atoms with Crippen LogP contribution >= 0.6 is 0 Å². The summed E-state index contributed by atoms with van der Waals surface area (Å²) < 4.78 is 0. The molecule has 2 N–H and O–H groups in total. The second-order valence-electron chi connectivity index (χ2n) is 9.94. The van der Waals surface area contributed by atoms with Crippen molar-refractivity contribution >= 4 is 34.6 Å². The Morgan fingerprint density at radius 3 is 2.63 bits per heavy atom. The highest BCUT2D eigenvalue weighted by molar-refractivity contribution is 6.24. The number of benzene rings is 3. The van der Waals surface area contributed by atoms with E-state index >= 15 is 0 Å². The fourth-order valence-electron chi connectivity index (χ4n) is 5.47. The number of carbonyl (C=O) groups is 2. The smallest absolute Gasteiger partial charge is 0.269 e. The lowest BCUT2D eigenvalue weighted by atomic mass is 9.90. The standard InChI is InChI=1S/C29H27N5O4/c35-26-2-1-13-33(26)17-18-3-5-19(6-4-18)28(31-22-8-7-21-16-30-12-11-20(21)14-22)27-24-15-23(34(37)38)9-10-25(24)32-29(27)36/h3-10,14-15,27,30H,1-2,11-13,16-17H2,(H,32,36). The van der Waals surface area contributed by atoms with Gasteiger partial charge in [0.25, 0.3) is 5.69 Å². The molecule has 3 aromatic rings. The molecule has 3 aliphatic rings.